The highest BCUT2D eigenvalue weighted by Gasteiger charge is 2.21. The van der Waals surface area contributed by atoms with E-state index in [1.54, 1.807) is 21.1 Å². The molecule has 8 nitrogen and oxygen atoms in total. The van der Waals surface area contributed by atoms with E-state index in [4.69, 9.17) is 14.7 Å². The summed E-state index contributed by atoms with van der Waals surface area (Å²) in [7, 11) is 8.20. The summed E-state index contributed by atoms with van der Waals surface area (Å²) in [5, 5.41) is 9.60. The summed E-state index contributed by atoms with van der Waals surface area (Å²) < 4.78 is 7.64. The summed E-state index contributed by atoms with van der Waals surface area (Å²) in [4.78, 5) is 26.3. The molecule has 9 heteroatoms. The van der Waals surface area contributed by atoms with Crippen molar-refractivity contribution in [2.24, 2.45) is 0 Å². The van der Waals surface area contributed by atoms with Crippen LogP contribution in [-0.2, 0) is 13.0 Å². The number of likely N-dealkylation sites (N-methyl/N-ethyl adjacent to an activating group) is 2. The van der Waals surface area contributed by atoms with Crippen molar-refractivity contribution in [2.75, 3.05) is 34.3 Å². The molecule has 192 valence electrons. The number of ether oxygens (including phenoxy) is 1. The molecule has 2 unspecified atom stereocenters. The van der Waals surface area contributed by atoms with Crippen LogP contribution in [-0.4, -0.2) is 75.5 Å². The summed E-state index contributed by atoms with van der Waals surface area (Å²) in [6.07, 6.45) is 4.18. The number of carbonyl (C=O) groups is 1. The van der Waals surface area contributed by atoms with Crippen molar-refractivity contribution in [3.05, 3.63) is 65.5 Å². The zero-order valence-corrected chi connectivity index (χ0v) is 22.8. The van der Waals surface area contributed by atoms with E-state index in [0.29, 0.717) is 5.56 Å². The lowest BCUT2D eigenvalue weighted by Gasteiger charge is -2.27. The van der Waals surface area contributed by atoms with E-state index in [9.17, 15) is 9.90 Å². The largest absolute Gasteiger partial charge is 0.496 e. The van der Waals surface area contributed by atoms with Gasteiger partial charge in [-0.1, -0.05) is 12.1 Å². The van der Waals surface area contributed by atoms with Crippen LogP contribution in [0.25, 0.3) is 33.5 Å². The van der Waals surface area contributed by atoms with Crippen molar-refractivity contribution < 1.29 is 14.6 Å². The molecule has 0 fully saturated rings. The molecule has 2 aromatic carbocycles. The number of hydrogen-bond acceptors (Lipinski definition) is 6. The summed E-state index contributed by atoms with van der Waals surface area (Å²) in [5.41, 5.74) is 8.29. The van der Waals surface area contributed by atoms with Crippen molar-refractivity contribution in [2.45, 2.75) is 26.0 Å². The van der Waals surface area contributed by atoms with Gasteiger partial charge in [0, 0.05) is 55.1 Å². The highest BCUT2D eigenvalue weighted by atomic mass is 31.0. The van der Waals surface area contributed by atoms with Crippen LogP contribution in [0.4, 0.5) is 0 Å². The van der Waals surface area contributed by atoms with Gasteiger partial charge in [-0.2, -0.15) is 0 Å². The van der Waals surface area contributed by atoms with Crippen molar-refractivity contribution in [1.82, 2.24) is 24.1 Å². The molecule has 1 aliphatic heterocycles. The van der Waals surface area contributed by atoms with Gasteiger partial charge < -0.3 is 24.0 Å². The Hall–Kier alpha value is -3.32. The molecular weight excluding hydrogens is 485 g/mol. The number of methoxy groups -OCH3 is 1. The third-order valence-electron chi connectivity index (χ3n) is 6.86. The average Bonchev–Trinajstić information content (AvgIpc) is 3.23. The Labute approximate surface area is 219 Å². The molecule has 0 spiro atoms. The molecule has 5 rings (SSSR count). The van der Waals surface area contributed by atoms with Crippen molar-refractivity contribution in [1.29, 1.82) is 0 Å². The predicted octanol–water partition coefficient (Wildman–Crippen LogP) is 3.85. The Morgan fingerprint density at radius 2 is 2.00 bits per heavy atom. The van der Waals surface area contributed by atoms with Crippen molar-refractivity contribution >= 4 is 26.5 Å². The summed E-state index contributed by atoms with van der Waals surface area (Å²) in [6, 6.07) is 11.7. The lowest BCUT2D eigenvalue weighted by molar-refractivity contribution is 0.0703. The first-order chi connectivity index (χ1) is 17.7. The van der Waals surface area contributed by atoms with E-state index in [2.05, 4.69) is 33.5 Å². The summed E-state index contributed by atoms with van der Waals surface area (Å²) in [6.45, 7) is 3.83. The molecule has 0 saturated carbocycles. The minimum absolute atomic E-state index is 0.129. The van der Waals surface area contributed by atoms with Crippen molar-refractivity contribution in [3.63, 3.8) is 0 Å². The van der Waals surface area contributed by atoms with Gasteiger partial charge in [0.1, 0.15) is 11.3 Å². The molecule has 2 aromatic heterocycles. The zero-order chi connectivity index (χ0) is 26.3. The zero-order valence-electron chi connectivity index (χ0n) is 21.6. The molecule has 1 aliphatic rings. The molecular formula is C28H32N5O3P. The molecule has 0 bridgehead atoms. The number of rotatable bonds is 6. The van der Waals surface area contributed by atoms with Crippen LogP contribution in [0.1, 0.15) is 28.4 Å². The molecule has 1 N–H and O–H groups in total. The summed E-state index contributed by atoms with van der Waals surface area (Å²) in [5.74, 6) is 0.751. The van der Waals surface area contributed by atoms with E-state index >= 15 is 0 Å². The fourth-order valence-electron chi connectivity index (χ4n) is 4.95. The van der Waals surface area contributed by atoms with Crippen LogP contribution in [0.2, 0.25) is 0 Å². The quantitative estimate of drug-likeness (QED) is 0.391. The second-order valence-corrected chi connectivity index (χ2v) is 10.3. The number of aromatic nitrogens is 3. The van der Waals surface area contributed by atoms with E-state index in [1.165, 1.54) is 16.0 Å². The van der Waals surface area contributed by atoms with Crippen LogP contribution >= 0.6 is 9.39 Å². The molecule has 1 amide bonds. The number of aliphatic hydroxyl groups is 1. The predicted molar refractivity (Wildman–Crippen MR) is 149 cm³/mol. The molecule has 4 aromatic rings. The molecule has 37 heavy (non-hydrogen) atoms. The number of amides is 1. The first-order valence-electron chi connectivity index (χ1n) is 12.3. The highest BCUT2D eigenvalue weighted by molar-refractivity contribution is 7.14. The van der Waals surface area contributed by atoms with Gasteiger partial charge in [-0.3, -0.25) is 4.79 Å². The van der Waals surface area contributed by atoms with E-state index < -0.39 is 6.10 Å². The first-order valence-corrected chi connectivity index (χ1v) is 12.8. The van der Waals surface area contributed by atoms with Gasteiger partial charge in [0.25, 0.3) is 5.91 Å². The minimum Gasteiger partial charge on any atom is -0.496 e. The van der Waals surface area contributed by atoms with Crippen LogP contribution < -0.4 is 4.74 Å². The fourth-order valence-corrected chi connectivity index (χ4v) is 5.29. The number of nitrogens with zero attached hydrogens (tertiary/aromatic N) is 5. The van der Waals surface area contributed by atoms with Gasteiger partial charge >= 0.3 is 0 Å². The van der Waals surface area contributed by atoms with Gasteiger partial charge in [-0.25, -0.2) is 9.97 Å². The minimum atomic E-state index is -0.578. The smallest absolute Gasteiger partial charge is 0.253 e. The van der Waals surface area contributed by atoms with Crippen LogP contribution in [0, 0.1) is 0 Å². The highest BCUT2D eigenvalue weighted by Crippen LogP contribution is 2.35. The standard InChI is InChI=1S/C28H32N5O3P/c1-17(34)14-32(3)28(35)19-7-5-18(6-8-19)23-16-33(37)27-26(23)30-24(13-29-27)21-11-20-9-10-31(2)15-22(20)25(12-21)36-4/h5-8,11-13,16-17,34H,9-10,14-15,37H2,1-4H3. The second kappa shape index (κ2) is 10.2. The Morgan fingerprint density at radius 3 is 2.70 bits per heavy atom. The first kappa shape index (κ1) is 25.3. The SMILES string of the molecule is COc1cc(-c2cnc3c(n2)c(-c2ccc(C(=O)N(C)CC(C)O)cc2)cn3P)cc2c1CN(C)CC2. The monoisotopic (exact) mass is 517 g/mol. The Kier molecular flexibility index (Phi) is 6.99. The number of benzene rings is 2. The molecule has 0 saturated heterocycles. The third kappa shape index (κ3) is 4.97. The lowest BCUT2D eigenvalue weighted by atomic mass is 9.95. The lowest BCUT2D eigenvalue weighted by Crippen LogP contribution is -2.32. The molecule has 3 heterocycles. The maximum absolute atomic E-state index is 12.7. The second-order valence-electron chi connectivity index (χ2n) is 9.79. The summed E-state index contributed by atoms with van der Waals surface area (Å²) >= 11 is 0. The van der Waals surface area contributed by atoms with Crippen molar-refractivity contribution in [3.8, 4) is 28.1 Å². The van der Waals surface area contributed by atoms with Gasteiger partial charge in [-0.15, -0.1) is 0 Å². The van der Waals surface area contributed by atoms with Gasteiger partial charge in [-0.05, 0) is 65.2 Å². The molecule has 0 aliphatic carbocycles. The number of carbonyl (C=O) groups excluding carboxylic acids is 1. The van der Waals surface area contributed by atoms with Gasteiger partial charge in [0.05, 0.1) is 25.1 Å². The van der Waals surface area contributed by atoms with Gasteiger partial charge in [0.2, 0.25) is 0 Å². The topological polar surface area (TPSA) is 83.7 Å². The fraction of sp³-hybridized carbons (Fsp3) is 0.321. The number of aliphatic hydroxyl groups excluding tert-OH is 1. The number of fused-ring (bicyclic) bond motifs is 2. The van der Waals surface area contributed by atoms with E-state index in [0.717, 1.165) is 58.8 Å². The van der Waals surface area contributed by atoms with Crippen LogP contribution in [0.15, 0.2) is 48.8 Å². The Balaban J connectivity index is 1.51. The normalized spacial score (nSPS) is 14.4. The number of hydrogen-bond donors (Lipinski definition) is 1. The maximum Gasteiger partial charge on any atom is 0.253 e. The third-order valence-corrected chi connectivity index (χ3v) is 7.25. The van der Waals surface area contributed by atoms with Crippen LogP contribution in [0.5, 0.6) is 5.75 Å². The van der Waals surface area contributed by atoms with Gasteiger partial charge in [0.15, 0.2) is 5.65 Å². The Morgan fingerprint density at radius 1 is 1.24 bits per heavy atom. The maximum atomic E-state index is 12.7. The van der Waals surface area contributed by atoms with Crippen LogP contribution in [0.3, 0.4) is 0 Å². The molecule has 0 radical (unpaired) electrons. The average molecular weight is 518 g/mol. The van der Waals surface area contributed by atoms with E-state index in [1.807, 2.05) is 41.0 Å². The Bertz CT molecular complexity index is 1450. The van der Waals surface area contributed by atoms with E-state index in [-0.39, 0.29) is 12.5 Å². The molecule has 2 atom stereocenters.